The summed E-state index contributed by atoms with van der Waals surface area (Å²) in [7, 11) is 0. The average molecular weight is 438 g/mol. The molecule has 3 rings (SSSR count). The van der Waals surface area contributed by atoms with E-state index in [2.05, 4.69) is 15.5 Å². The lowest BCUT2D eigenvalue weighted by Crippen LogP contribution is -2.47. The van der Waals surface area contributed by atoms with E-state index in [1.165, 1.54) is 0 Å². The first-order valence-electron chi connectivity index (χ1n) is 10.3. The molecule has 1 unspecified atom stereocenters. The van der Waals surface area contributed by atoms with E-state index in [1.54, 1.807) is 16.4 Å². The fraction of sp³-hybridized carbons (Fsp3) is 0.304. The summed E-state index contributed by atoms with van der Waals surface area (Å²) < 4.78 is 2.04. The number of hydrogen-bond donors (Lipinski definition) is 2. The van der Waals surface area contributed by atoms with Crippen LogP contribution in [0.15, 0.2) is 54.6 Å². The summed E-state index contributed by atoms with van der Waals surface area (Å²) in [6.07, 6.45) is 0.732. The van der Waals surface area contributed by atoms with Gasteiger partial charge in [0.15, 0.2) is 10.6 Å². The number of carbonyl (C=O) groups excluding carboxylic acids is 2. The Bertz CT molecular complexity index is 1090. The number of carbonyl (C=O) groups is 2. The molecule has 0 bridgehead atoms. The highest BCUT2D eigenvalue weighted by Gasteiger charge is 2.26. The molecule has 0 fully saturated rings. The zero-order valence-electron chi connectivity index (χ0n) is 18.0. The number of para-hydroxylation sites is 1. The number of aryl methyl sites for hydroxylation is 1. The van der Waals surface area contributed by atoms with Crippen molar-refractivity contribution >= 4 is 29.7 Å². The van der Waals surface area contributed by atoms with E-state index >= 15 is 0 Å². The van der Waals surface area contributed by atoms with Crippen LogP contribution in [0.1, 0.15) is 25.8 Å². The first-order valence-corrected chi connectivity index (χ1v) is 10.7. The molecule has 3 aromatic rings. The predicted molar refractivity (Wildman–Crippen MR) is 124 cm³/mol. The van der Waals surface area contributed by atoms with Crippen LogP contribution in [0, 0.1) is 11.7 Å². The minimum absolute atomic E-state index is 0.00149. The molecule has 2 N–H and O–H groups in total. The summed E-state index contributed by atoms with van der Waals surface area (Å²) in [5.41, 5.74) is 2.69. The zero-order chi connectivity index (χ0) is 22.4. The molecule has 0 aliphatic carbocycles. The Kier molecular flexibility index (Phi) is 7.36. The Morgan fingerprint density at radius 3 is 2.48 bits per heavy atom. The van der Waals surface area contributed by atoms with Gasteiger partial charge in [0.05, 0.1) is 0 Å². The van der Waals surface area contributed by atoms with Crippen LogP contribution in [0.2, 0.25) is 0 Å². The first-order chi connectivity index (χ1) is 14.9. The summed E-state index contributed by atoms with van der Waals surface area (Å²) in [6, 6.07) is 16.4. The molecule has 8 heteroatoms. The molecule has 1 atom stereocenters. The van der Waals surface area contributed by atoms with Crippen molar-refractivity contribution in [2.75, 3.05) is 11.9 Å². The molecule has 0 saturated heterocycles. The minimum Gasteiger partial charge on any atom is -0.329 e. The molecule has 0 radical (unpaired) electrons. The lowest BCUT2D eigenvalue weighted by Gasteiger charge is -2.28. The van der Waals surface area contributed by atoms with Crippen LogP contribution < -0.4 is 5.32 Å². The Morgan fingerprint density at radius 1 is 1.16 bits per heavy atom. The largest absolute Gasteiger partial charge is 0.329 e. The van der Waals surface area contributed by atoms with Crippen molar-refractivity contribution in [3.63, 3.8) is 0 Å². The van der Waals surface area contributed by atoms with Gasteiger partial charge in [-0.15, -0.1) is 0 Å². The number of aromatic nitrogens is 3. The summed E-state index contributed by atoms with van der Waals surface area (Å²) in [5, 5.41) is 9.95. The topological polar surface area (TPSA) is 83.0 Å². The predicted octanol–water partition coefficient (Wildman–Crippen LogP) is 4.18. The Labute approximate surface area is 187 Å². The van der Waals surface area contributed by atoms with Crippen LogP contribution in [0.25, 0.3) is 11.4 Å². The second-order valence-electron chi connectivity index (χ2n) is 7.42. The fourth-order valence-electron chi connectivity index (χ4n) is 3.30. The van der Waals surface area contributed by atoms with Crippen molar-refractivity contribution in [2.24, 2.45) is 0 Å². The van der Waals surface area contributed by atoms with Gasteiger partial charge in [0.1, 0.15) is 12.6 Å². The number of rotatable bonds is 8. The molecule has 0 saturated carbocycles. The third-order valence-corrected chi connectivity index (χ3v) is 5.35. The van der Waals surface area contributed by atoms with Crippen LogP contribution in [0.3, 0.4) is 0 Å². The number of amides is 2. The van der Waals surface area contributed by atoms with E-state index < -0.39 is 6.04 Å². The maximum Gasteiger partial charge on any atom is 0.246 e. The van der Waals surface area contributed by atoms with Crippen LogP contribution in [-0.4, -0.2) is 44.1 Å². The lowest BCUT2D eigenvalue weighted by molar-refractivity contribution is -0.138. The quantitative estimate of drug-likeness (QED) is 0.518. The number of anilines is 1. The van der Waals surface area contributed by atoms with Gasteiger partial charge in [-0.2, -0.15) is 5.10 Å². The molecular weight excluding hydrogens is 410 g/mol. The highest BCUT2D eigenvalue weighted by molar-refractivity contribution is 7.71. The Hall–Kier alpha value is -3.26. The molecule has 2 amide bonds. The highest BCUT2D eigenvalue weighted by Crippen LogP contribution is 2.19. The lowest BCUT2D eigenvalue weighted by atomic mass is 10.1. The third kappa shape index (κ3) is 5.46. The molecule has 162 valence electrons. The van der Waals surface area contributed by atoms with E-state index in [-0.39, 0.29) is 18.4 Å². The van der Waals surface area contributed by atoms with Gasteiger partial charge in [-0.05, 0) is 44.6 Å². The number of nitrogens with one attached hydrogen (secondary N) is 2. The normalized spacial score (nSPS) is 11.7. The Morgan fingerprint density at radius 2 is 1.84 bits per heavy atom. The molecule has 31 heavy (non-hydrogen) atoms. The van der Waals surface area contributed by atoms with Crippen molar-refractivity contribution in [1.82, 2.24) is 19.7 Å². The highest BCUT2D eigenvalue weighted by atomic mass is 32.1. The van der Waals surface area contributed by atoms with Gasteiger partial charge in [0.2, 0.25) is 11.8 Å². The monoisotopic (exact) mass is 437 g/mol. The van der Waals surface area contributed by atoms with Gasteiger partial charge in [0.25, 0.3) is 0 Å². The van der Waals surface area contributed by atoms with Gasteiger partial charge >= 0.3 is 0 Å². The summed E-state index contributed by atoms with van der Waals surface area (Å²) >= 11 is 5.37. The van der Waals surface area contributed by atoms with Crippen molar-refractivity contribution in [2.45, 2.75) is 39.8 Å². The first kappa shape index (κ1) is 22.4. The van der Waals surface area contributed by atoms with Crippen molar-refractivity contribution in [1.29, 1.82) is 0 Å². The molecule has 2 aromatic carbocycles. The van der Waals surface area contributed by atoms with Crippen molar-refractivity contribution in [3.05, 3.63) is 64.9 Å². The molecule has 0 spiro atoms. The number of H-pyrrole nitrogens is 1. The molecular formula is C23H27N5O2S. The maximum absolute atomic E-state index is 13.2. The van der Waals surface area contributed by atoms with Gasteiger partial charge in [0, 0.05) is 17.8 Å². The third-order valence-electron chi connectivity index (χ3n) is 5.03. The van der Waals surface area contributed by atoms with E-state index in [9.17, 15) is 9.59 Å². The van der Waals surface area contributed by atoms with Gasteiger partial charge < -0.3 is 10.2 Å². The summed E-state index contributed by atoms with van der Waals surface area (Å²) in [6.45, 7) is 6.19. The number of nitrogens with zero attached hydrogens (tertiary/aromatic N) is 3. The van der Waals surface area contributed by atoms with Gasteiger partial charge in [-0.25, -0.2) is 0 Å². The van der Waals surface area contributed by atoms with Crippen LogP contribution >= 0.6 is 12.2 Å². The summed E-state index contributed by atoms with van der Waals surface area (Å²) in [5.74, 6) is 0.169. The minimum atomic E-state index is -0.628. The van der Waals surface area contributed by atoms with Crippen LogP contribution in [0.5, 0.6) is 0 Å². The SMILES string of the molecule is CCCN(C(=O)Cn1c(-c2ccc(C)cc2)n[nH]c1=S)C(C)C(=O)Nc1ccccc1. The molecule has 1 aromatic heterocycles. The molecule has 7 nitrogen and oxygen atoms in total. The number of hydrogen-bond acceptors (Lipinski definition) is 4. The molecule has 1 heterocycles. The Balaban J connectivity index is 1.79. The van der Waals surface area contributed by atoms with Crippen LogP contribution in [-0.2, 0) is 16.1 Å². The number of benzene rings is 2. The van der Waals surface area contributed by atoms with Gasteiger partial charge in [-0.3, -0.25) is 19.3 Å². The standard InChI is InChI=1S/C23H27N5O2S/c1-4-14-27(17(3)22(30)24-19-8-6-5-7-9-19)20(29)15-28-21(25-26-23(28)31)18-12-10-16(2)11-13-18/h5-13,17H,4,14-15H2,1-3H3,(H,24,30)(H,26,31). The maximum atomic E-state index is 13.2. The van der Waals surface area contributed by atoms with E-state index in [0.717, 1.165) is 17.5 Å². The summed E-state index contributed by atoms with van der Waals surface area (Å²) in [4.78, 5) is 27.6. The van der Waals surface area contributed by atoms with E-state index in [0.29, 0.717) is 22.8 Å². The second kappa shape index (κ2) is 10.2. The number of aromatic amines is 1. The van der Waals surface area contributed by atoms with E-state index in [1.807, 2.05) is 68.4 Å². The fourth-order valence-corrected chi connectivity index (χ4v) is 3.50. The second-order valence-corrected chi connectivity index (χ2v) is 7.81. The van der Waals surface area contributed by atoms with Gasteiger partial charge in [-0.1, -0.05) is 55.0 Å². The van der Waals surface area contributed by atoms with Crippen molar-refractivity contribution in [3.8, 4) is 11.4 Å². The molecule has 0 aliphatic rings. The van der Waals surface area contributed by atoms with Crippen LogP contribution in [0.4, 0.5) is 5.69 Å². The smallest absolute Gasteiger partial charge is 0.246 e. The van der Waals surface area contributed by atoms with Crippen molar-refractivity contribution < 1.29 is 9.59 Å². The molecule has 0 aliphatic heterocycles. The zero-order valence-corrected chi connectivity index (χ0v) is 18.8. The average Bonchev–Trinajstić information content (AvgIpc) is 3.12. The van der Waals surface area contributed by atoms with E-state index in [4.69, 9.17) is 12.2 Å².